The Morgan fingerprint density at radius 3 is 2.70 bits per heavy atom. The first-order chi connectivity index (χ1) is 16.1. The molecule has 3 heterocycles. The van der Waals surface area contributed by atoms with Crippen molar-refractivity contribution in [2.75, 3.05) is 13.7 Å². The molecule has 1 aliphatic rings. The molecule has 4 aromatic rings. The number of thioether (sulfide) groups is 1. The van der Waals surface area contributed by atoms with Crippen molar-refractivity contribution in [3.63, 3.8) is 0 Å². The van der Waals surface area contributed by atoms with Crippen LogP contribution >= 0.6 is 11.8 Å². The van der Waals surface area contributed by atoms with Gasteiger partial charge in [-0.3, -0.25) is 9.69 Å². The minimum Gasteiger partial charge on any atom is -0.497 e. The number of furan rings is 1. The first-order valence-corrected chi connectivity index (χ1v) is 11.5. The van der Waals surface area contributed by atoms with Crippen LogP contribution in [0.1, 0.15) is 17.1 Å². The van der Waals surface area contributed by atoms with Gasteiger partial charge in [0.2, 0.25) is 0 Å². The molecule has 0 bridgehead atoms. The van der Waals surface area contributed by atoms with Crippen LogP contribution in [0, 0.1) is 6.92 Å². The lowest BCUT2D eigenvalue weighted by atomic mass is 10.1. The molecule has 166 valence electrons. The van der Waals surface area contributed by atoms with E-state index < -0.39 is 0 Å². The first kappa shape index (κ1) is 21.2. The molecule has 0 spiro atoms. The number of hydrogen-bond donors (Lipinski definition) is 1. The SMILES string of the molecule is COc1ccc(N=C2S/C(=C/c3ccc(C)o3)C(=O)N2CCc2c[nH]c3ccccc23)cc1. The van der Waals surface area contributed by atoms with Gasteiger partial charge in [0.25, 0.3) is 5.91 Å². The summed E-state index contributed by atoms with van der Waals surface area (Å²) >= 11 is 1.37. The Labute approximate surface area is 196 Å². The van der Waals surface area contributed by atoms with E-state index in [9.17, 15) is 4.79 Å². The summed E-state index contributed by atoms with van der Waals surface area (Å²) < 4.78 is 10.9. The van der Waals surface area contributed by atoms with E-state index in [4.69, 9.17) is 14.1 Å². The van der Waals surface area contributed by atoms with Gasteiger partial charge in [-0.05, 0) is 73.1 Å². The Hall–Kier alpha value is -3.71. The van der Waals surface area contributed by atoms with E-state index in [1.165, 1.54) is 22.7 Å². The van der Waals surface area contributed by atoms with E-state index in [0.717, 1.165) is 22.7 Å². The molecule has 33 heavy (non-hydrogen) atoms. The van der Waals surface area contributed by atoms with Gasteiger partial charge in [0.1, 0.15) is 17.3 Å². The highest BCUT2D eigenvalue weighted by Crippen LogP contribution is 2.35. The van der Waals surface area contributed by atoms with Gasteiger partial charge in [0.05, 0.1) is 17.7 Å². The molecule has 1 amide bonds. The number of para-hydroxylation sites is 1. The number of carbonyl (C=O) groups excluding carboxylic acids is 1. The monoisotopic (exact) mass is 457 g/mol. The Bertz CT molecular complexity index is 1360. The summed E-state index contributed by atoms with van der Waals surface area (Å²) in [6.07, 6.45) is 4.52. The lowest BCUT2D eigenvalue weighted by Gasteiger charge is -2.15. The second kappa shape index (κ2) is 9.03. The molecule has 6 nitrogen and oxygen atoms in total. The Kier molecular flexibility index (Phi) is 5.79. The Morgan fingerprint density at radius 2 is 1.94 bits per heavy atom. The summed E-state index contributed by atoms with van der Waals surface area (Å²) in [6.45, 7) is 2.41. The molecule has 7 heteroatoms. The van der Waals surface area contributed by atoms with Crippen LogP contribution in [-0.4, -0.2) is 34.6 Å². The Balaban J connectivity index is 1.44. The van der Waals surface area contributed by atoms with Crippen molar-refractivity contribution >= 4 is 45.5 Å². The third kappa shape index (κ3) is 4.45. The molecular weight excluding hydrogens is 434 g/mol. The highest BCUT2D eigenvalue weighted by atomic mass is 32.2. The molecule has 0 atom stereocenters. The summed E-state index contributed by atoms with van der Waals surface area (Å²) in [6, 6.07) is 19.4. The fourth-order valence-electron chi connectivity index (χ4n) is 3.79. The second-order valence-electron chi connectivity index (χ2n) is 7.72. The van der Waals surface area contributed by atoms with Crippen LogP contribution in [-0.2, 0) is 11.2 Å². The van der Waals surface area contributed by atoms with Crippen LogP contribution in [0.3, 0.4) is 0 Å². The van der Waals surface area contributed by atoms with Crippen LogP contribution in [0.4, 0.5) is 5.69 Å². The number of aromatic nitrogens is 1. The molecule has 1 N–H and O–H groups in total. The fraction of sp³-hybridized carbons (Fsp3) is 0.154. The smallest absolute Gasteiger partial charge is 0.266 e. The van der Waals surface area contributed by atoms with E-state index in [2.05, 4.69) is 17.1 Å². The van der Waals surface area contributed by atoms with Gasteiger partial charge in [-0.15, -0.1) is 0 Å². The summed E-state index contributed by atoms with van der Waals surface area (Å²) in [5, 5.41) is 1.83. The maximum Gasteiger partial charge on any atom is 0.266 e. The van der Waals surface area contributed by atoms with E-state index in [0.29, 0.717) is 28.8 Å². The molecule has 0 aliphatic carbocycles. The number of nitrogens with one attached hydrogen (secondary N) is 1. The number of amides is 1. The Morgan fingerprint density at radius 1 is 1.12 bits per heavy atom. The number of amidine groups is 1. The van der Waals surface area contributed by atoms with Gasteiger partial charge in [0.15, 0.2) is 5.17 Å². The first-order valence-electron chi connectivity index (χ1n) is 10.7. The van der Waals surface area contributed by atoms with Crippen molar-refractivity contribution in [3.05, 3.63) is 88.8 Å². The largest absolute Gasteiger partial charge is 0.497 e. The number of aromatic amines is 1. The van der Waals surface area contributed by atoms with Crippen LogP contribution in [0.2, 0.25) is 0 Å². The molecule has 2 aromatic carbocycles. The molecule has 0 saturated carbocycles. The second-order valence-corrected chi connectivity index (χ2v) is 8.73. The minimum atomic E-state index is -0.0684. The summed E-state index contributed by atoms with van der Waals surface area (Å²) in [7, 11) is 1.63. The van der Waals surface area contributed by atoms with Gasteiger partial charge in [-0.1, -0.05) is 18.2 Å². The fourth-order valence-corrected chi connectivity index (χ4v) is 4.79. The number of methoxy groups -OCH3 is 1. The van der Waals surface area contributed by atoms with Crippen molar-refractivity contribution in [1.29, 1.82) is 0 Å². The number of ether oxygens (including phenoxy) is 1. The molecule has 0 radical (unpaired) electrons. The predicted octanol–water partition coefficient (Wildman–Crippen LogP) is 5.92. The van der Waals surface area contributed by atoms with Gasteiger partial charge < -0.3 is 14.1 Å². The number of benzene rings is 2. The average Bonchev–Trinajstić information content (AvgIpc) is 3.51. The number of fused-ring (bicyclic) bond motifs is 1. The number of H-pyrrole nitrogens is 1. The maximum atomic E-state index is 13.3. The van der Waals surface area contributed by atoms with E-state index in [1.807, 2.05) is 61.7 Å². The van der Waals surface area contributed by atoms with Crippen molar-refractivity contribution in [1.82, 2.24) is 9.88 Å². The average molecular weight is 458 g/mol. The molecule has 1 fully saturated rings. The molecule has 1 saturated heterocycles. The highest BCUT2D eigenvalue weighted by Gasteiger charge is 2.33. The maximum absolute atomic E-state index is 13.3. The molecule has 2 aromatic heterocycles. The van der Waals surface area contributed by atoms with E-state index in [-0.39, 0.29) is 5.91 Å². The van der Waals surface area contributed by atoms with Crippen molar-refractivity contribution < 1.29 is 13.9 Å². The molecule has 0 unspecified atom stereocenters. The number of carbonyl (C=O) groups is 1. The van der Waals surface area contributed by atoms with Crippen molar-refractivity contribution in [2.45, 2.75) is 13.3 Å². The zero-order chi connectivity index (χ0) is 22.8. The molecular formula is C26H23N3O3S. The number of rotatable bonds is 6. The number of hydrogen-bond acceptors (Lipinski definition) is 5. The van der Waals surface area contributed by atoms with Gasteiger partial charge in [0, 0.05) is 29.7 Å². The highest BCUT2D eigenvalue weighted by molar-refractivity contribution is 8.18. The quantitative estimate of drug-likeness (QED) is 0.365. The topological polar surface area (TPSA) is 70.8 Å². The zero-order valence-corrected chi connectivity index (χ0v) is 19.2. The molecule has 5 rings (SSSR count). The number of aryl methyl sites for hydroxylation is 1. The standard InChI is InChI=1S/C26H23N3O3S/c1-17-7-10-21(32-17)15-24-25(30)29(14-13-18-16-27-23-6-4-3-5-22(18)23)26(33-24)28-19-8-11-20(31-2)12-9-19/h3-12,15-16,27H,13-14H2,1-2H3/b24-15+,28-26?. The van der Waals surface area contributed by atoms with Crippen molar-refractivity contribution in [2.24, 2.45) is 4.99 Å². The van der Waals surface area contributed by atoms with Gasteiger partial charge in [-0.2, -0.15) is 0 Å². The van der Waals surface area contributed by atoms with Crippen molar-refractivity contribution in [3.8, 4) is 5.75 Å². The van der Waals surface area contributed by atoms with Crippen LogP contribution in [0.25, 0.3) is 17.0 Å². The van der Waals surface area contributed by atoms with Crippen LogP contribution in [0.5, 0.6) is 5.75 Å². The normalized spacial score (nSPS) is 16.4. The molecule has 1 aliphatic heterocycles. The third-order valence-electron chi connectivity index (χ3n) is 5.50. The third-order valence-corrected chi connectivity index (χ3v) is 6.51. The summed E-state index contributed by atoms with van der Waals surface area (Å²) in [4.78, 5) is 23.7. The number of nitrogens with zero attached hydrogens (tertiary/aromatic N) is 2. The van der Waals surface area contributed by atoms with E-state index in [1.54, 1.807) is 18.1 Å². The minimum absolute atomic E-state index is 0.0684. The predicted molar refractivity (Wildman–Crippen MR) is 133 cm³/mol. The summed E-state index contributed by atoms with van der Waals surface area (Å²) in [5.41, 5.74) is 3.03. The van der Waals surface area contributed by atoms with Gasteiger partial charge in [-0.25, -0.2) is 4.99 Å². The van der Waals surface area contributed by atoms with Crippen LogP contribution in [0.15, 0.2) is 81.2 Å². The summed E-state index contributed by atoms with van der Waals surface area (Å²) in [5.74, 6) is 2.16. The zero-order valence-electron chi connectivity index (χ0n) is 18.4. The van der Waals surface area contributed by atoms with Crippen LogP contribution < -0.4 is 4.74 Å². The van der Waals surface area contributed by atoms with E-state index >= 15 is 0 Å². The number of aliphatic imine (C=N–C) groups is 1. The lowest BCUT2D eigenvalue weighted by molar-refractivity contribution is -0.122. The lowest BCUT2D eigenvalue weighted by Crippen LogP contribution is -2.31. The van der Waals surface area contributed by atoms with Gasteiger partial charge >= 0.3 is 0 Å².